The number of β-amino-alcohol motifs (C(OH)–C–C–N with tert-alkyl or cyclic N) is 1. The van der Waals surface area contributed by atoms with E-state index in [1.807, 2.05) is 37.3 Å². The number of nitrogens with zero attached hydrogens (tertiary/aromatic N) is 3. The maximum absolute atomic E-state index is 12.6. The summed E-state index contributed by atoms with van der Waals surface area (Å²) >= 11 is 0. The van der Waals surface area contributed by atoms with Gasteiger partial charge in [-0.2, -0.15) is 5.10 Å². The fourth-order valence-corrected chi connectivity index (χ4v) is 2.94. The van der Waals surface area contributed by atoms with Crippen LogP contribution in [0.4, 0.5) is 10.6 Å². The van der Waals surface area contributed by atoms with E-state index in [4.69, 9.17) is 5.10 Å². The summed E-state index contributed by atoms with van der Waals surface area (Å²) in [5.41, 5.74) is 2.80. The molecule has 2 heterocycles. The van der Waals surface area contributed by atoms with Crippen molar-refractivity contribution in [2.24, 2.45) is 0 Å². The number of aliphatic hydroxyl groups excluding tert-OH is 1. The second-order valence-corrected chi connectivity index (χ2v) is 7.68. The van der Waals surface area contributed by atoms with E-state index in [-0.39, 0.29) is 11.4 Å². The Morgan fingerprint density at radius 2 is 2.04 bits per heavy atom. The molecule has 6 nitrogen and oxygen atoms in total. The highest BCUT2D eigenvalue weighted by Crippen LogP contribution is 2.27. The number of rotatable bonds is 2. The van der Waals surface area contributed by atoms with Crippen LogP contribution in [0.15, 0.2) is 30.3 Å². The number of nitrogens with one attached hydrogen (secondary N) is 1. The van der Waals surface area contributed by atoms with Crippen LogP contribution in [0, 0.1) is 6.92 Å². The van der Waals surface area contributed by atoms with Crippen molar-refractivity contribution in [1.29, 1.82) is 0 Å². The molecule has 1 fully saturated rings. The summed E-state index contributed by atoms with van der Waals surface area (Å²) in [7, 11) is 0. The number of aryl methyl sites for hydroxylation is 1. The average molecular weight is 342 g/mol. The van der Waals surface area contributed by atoms with Crippen LogP contribution in [0.25, 0.3) is 5.69 Å². The third kappa shape index (κ3) is 3.69. The van der Waals surface area contributed by atoms with Crippen molar-refractivity contribution in [3.8, 4) is 5.69 Å². The van der Waals surface area contributed by atoms with Crippen LogP contribution in [0.1, 0.15) is 38.4 Å². The van der Waals surface area contributed by atoms with Gasteiger partial charge in [0.2, 0.25) is 0 Å². The second kappa shape index (κ2) is 6.52. The van der Waals surface area contributed by atoms with Gasteiger partial charge in [0.05, 0.1) is 17.5 Å². The Balaban J connectivity index is 1.96. The van der Waals surface area contributed by atoms with Crippen LogP contribution in [-0.4, -0.2) is 45.0 Å². The van der Waals surface area contributed by atoms with Gasteiger partial charge in [-0.05, 0) is 25.0 Å². The fraction of sp³-hybridized carbons (Fsp3) is 0.474. The summed E-state index contributed by atoms with van der Waals surface area (Å²) in [5, 5.41) is 17.4. The Hall–Kier alpha value is -2.34. The number of carbonyl (C=O) groups excluding carboxylic acids is 1. The summed E-state index contributed by atoms with van der Waals surface area (Å²) in [4.78, 5) is 14.2. The molecule has 1 aliphatic heterocycles. The van der Waals surface area contributed by atoms with Gasteiger partial charge in [-0.1, -0.05) is 39.0 Å². The molecule has 0 spiro atoms. The highest BCUT2D eigenvalue weighted by molar-refractivity contribution is 5.89. The lowest BCUT2D eigenvalue weighted by atomic mass is 9.92. The van der Waals surface area contributed by atoms with Gasteiger partial charge in [0.1, 0.15) is 5.82 Å². The molecule has 0 bridgehead atoms. The molecule has 2 N–H and O–H groups in total. The fourth-order valence-electron chi connectivity index (χ4n) is 2.94. The summed E-state index contributed by atoms with van der Waals surface area (Å²) in [6.45, 7) is 9.25. The smallest absolute Gasteiger partial charge is 0.323 e. The zero-order chi connectivity index (χ0) is 18.2. The predicted octanol–water partition coefficient (Wildman–Crippen LogP) is 3.08. The van der Waals surface area contributed by atoms with Crippen LogP contribution in [0.3, 0.4) is 0 Å². The van der Waals surface area contributed by atoms with E-state index in [2.05, 4.69) is 26.1 Å². The van der Waals surface area contributed by atoms with E-state index in [0.29, 0.717) is 25.3 Å². The summed E-state index contributed by atoms with van der Waals surface area (Å²) in [5.74, 6) is 0.644. The lowest BCUT2D eigenvalue weighted by Crippen LogP contribution is -2.34. The molecule has 0 saturated carbocycles. The van der Waals surface area contributed by atoms with E-state index in [0.717, 1.165) is 16.9 Å². The van der Waals surface area contributed by atoms with Crippen molar-refractivity contribution >= 4 is 11.8 Å². The molecular formula is C19H26N4O2. The van der Waals surface area contributed by atoms with E-state index in [9.17, 15) is 9.90 Å². The Morgan fingerprint density at radius 3 is 2.64 bits per heavy atom. The van der Waals surface area contributed by atoms with Gasteiger partial charge < -0.3 is 10.0 Å². The number of carbonyl (C=O) groups is 1. The molecule has 1 atom stereocenters. The van der Waals surface area contributed by atoms with Gasteiger partial charge in [0.25, 0.3) is 0 Å². The molecule has 0 aliphatic carbocycles. The molecule has 2 aromatic rings. The number of likely N-dealkylation sites (tertiary alicyclic amines) is 1. The van der Waals surface area contributed by atoms with Crippen molar-refractivity contribution in [2.45, 2.75) is 45.6 Å². The normalized spacial score (nSPS) is 17.8. The third-order valence-corrected chi connectivity index (χ3v) is 4.51. The van der Waals surface area contributed by atoms with Gasteiger partial charge in [0, 0.05) is 24.6 Å². The zero-order valence-corrected chi connectivity index (χ0v) is 15.3. The molecule has 2 amide bonds. The molecule has 1 saturated heterocycles. The number of benzene rings is 1. The quantitative estimate of drug-likeness (QED) is 0.881. The third-order valence-electron chi connectivity index (χ3n) is 4.51. The topological polar surface area (TPSA) is 70.4 Å². The molecule has 6 heteroatoms. The monoisotopic (exact) mass is 342 g/mol. The van der Waals surface area contributed by atoms with E-state index in [1.54, 1.807) is 9.58 Å². The molecule has 3 rings (SSSR count). The summed E-state index contributed by atoms with van der Waals surface area (Å²) < 4.78 is 1.79. The van der Waals surface area contributed by atoms with Gasteiger partial charge in [-0.3, -0.25) is 5.32 Å². The Morgan fingerprint density at radius 1 is 1.32 bits per heavy atom. The average Bonchev–Trinajstić information content (AvgIpc) is 3.14. The number of urea groups is 1. The van der Waals surface area contributed by atoms with Crippen LogP contribution >= 0.6 is 0 Å². The predicted molar refractivity (Wildman–Crippen MR) is 98.2 cm³/mol. The first kappa shape index (κ1) is 17.5. The number of para-hydroxylation sites is 1. The van der Waals surface area contributed by atoms with Crippen molar-refractivity contribution in [1.82, 2.24) is 14.7 Å². The van der Waals surface area contributed by atoms with Gasteiger partial charge in [-0.15, -0.1) is 0 Å². The maximum atomic E-state index is 12.6. The zero-order valence-electron chi connectivity index (χ0n) is 15.3. The molecule has 0 radical (unpaired) electrons. The molecule has 0 unspecified atom stereocenters. The minimum absolute atomic E-state index is 0.128. The lowest BCUT2D eigenvalue weighted by Gasteiger charge is -2.17. The van der Waals surface area contributed by atoms with Crippen LogP contribution in [0.5, 0.6) is 0 Å². The Labute approximate surface area is 148 Å². The van der Waals surface area contributed by atoms with E-state index in [1.165, 1.54) is 0 Å². The van der Waals surface area contributed by atoms with Crippen LogP contribution < -0.4 is 5.32 Å². The number of anilines is 1. The molecule has 1 aromatic heterocycles. The number of amides is 2. The van der Waals surface area contributed by atoms with Gasteiger partial charge >= 0.3 is 6.03 Å². The lowest BCUT2D eigenvalue weighted by molar-refractivity contribution is 0.176. The number of aromatic nitrogens is 2. The first-order chi connectivity index (χ1) is 11.8. The van der Waals surface area contributed by atoms with Crippen molar-refractivity contribution < 1.29 is 9.90 Å². The minimum atomic E-state index is -0.433. The molecule has 1 aromatic carbocycles. The van der Waals surface area contributed by atoms with Crippen molar-refractivity contribution in [3.05, 3.63) is 41.6 Å². The Kier molecular flexibility index (Phi) is 4.56. The maximum Gasteiger partial charge on any atom is 0.323 e. The largest absolute Gasteiger partial charge is 0.391 e. The standard InChI is InChI=1S/C19H26N4O2/c1-13-7-5-6-8-15(13)23-17(11-16(21-23)19(2,3)4)20-18(25)22-10-9-14(24)12-22/h5-8,11,14,24H,9-10,12H2,1-4H3,(H,20,25)/t14-/m0/s1. The summed E-state index contributed by atoms with van der Waals surface area (Å²) in [6.07, 6.45) is 0.190. The molecular weight excluding hydrogens is 316 g/mol. The number of hydrogen-bond acceptors (Lipinski definition) is 3. The highest BCUT2D eigenvalue weighted by atomic mass is 16.3. The van der Waals surface area contributed by atoms with E-state index >= 15 is 0 Å². The van der Waals surface area contributed by atoms with E-state index < -0.39 is 6.10 Å². The SMILES string of the molecule is Cc1ccccc1-n1nc(C(C)(C)C)cc1NC(=O)N1CC[C@H](O)C1. The highest BCUT2D eigenvalue weighted by Gasteiger charge is 2.27. The first-order valence-electron chi connectivity index (χ1n) is 8.66. The van der Waals surface area contributed by atoms with Gasteiger partial charge in [-0.25, -0.2) is 9.48 Å². The number of hydrogen-bond donors (Lipinski definition) is 2. The first-order valence-corrected chi connectivity index (χ1v) is 8.66. The minimum Gasteiger partial charge on any atom is -0.391 e. The van der Waals surface area contributed by atoms with Gasteiger partial charge in [0.15, 0.2) is 0 Å². The van der Waals surface area contributed by atoms with Crippen LogP contribution in [-0.2, 0) is 5.41 Å². The molecule has 134 valence electrons. The Bertz CT molecular complexity index is 776. The van der Waals surface area contributed by atoms with Crippen molar-refractivity contribution in [3.63, 3.8) is 0 Å². The summed E-state index contributed by atoms with van der Waals surface area (Å²) in [6, 6.07) is 9.68. The van der Waals surface area contributed by atoms with Crippen molar-refractivity contribution in [2.75, 3.05) is 18.4 Å². The van der Waals surface area contributed by atoms with Crippen LogP contribution in [0.2, 0.25) is 0 Å². The second-order valence-electron chi connectivity index (χ2n) is 7.68. The number of aliphatic hydroxyl groups is 1. The molecule has 1 aliphatic rings. The molecule has 25 heavy (non-hydrogen) atoms.